The lowest BCUT2D eigenvalue weighted by Gasteiger charge is -2.30. The zero-order chi connectivity index (χ0) is 14.8. The van der Waals surface area contributed by atoms with Gasteiger partial charge in [-0.05, 0) is 67.5 Å². The van der Waals surface area contributed by atoms with Crippen LogP contribution in [0.3, 0.4) is 0 Å². The van der Waals surface area contributed by atoms with Crippen LogP contribution in [0.15, 0.2) is 42.5 Å². The summed E-state index contributed by atoms with van der Waals surface area (Å²) < 4.78 is 0. The molecule has 0 aliphatic heterocycles. The summed E-state index contributed by atoms with van der Waals surface area (Å²) in [6.45, 7) is 4.38. The number of phenols is 1. The van der Waals surface area contributed by atoms with E-state index < -0.39 is 0 Å². The molecule has 2 aromatic carbocycles. The first kappa shape index (κ1) is 14.2. The molecule has 0 aromatic heterocycles. The van der Waals surface area contributed by atoms with Crippen molar-refractivity contribution < 1.29 is 5.11 Å². The van der Waals surface area contributed by atoms with Crippen molar-refractivity contribution in [1.82, 2.24) is 5.32 Å². The third kappa shape index (κ3) is 2.96. The lowest BCUT2D eigenvalue weighted by atomic mass is 9.86. The maximum absolute atomic E-state index is 9.77. The average Bonchev–Trinajstić information content (AvgIpc) is 2.48. The molecule has 0 heterocycles. The van der Waals surface area contributed by atoms with Gasteiger partial charge in [0.15, 0.2) is 0 Å². The maximum atomic E-state index is 9.77. The molecule has 1 aliphatic rings. The molecule has 2 heteroatoms. The number of aryl methyl sites for hydroxylation is 2. The predicted molar refractivity (Wildman–Crippen MR) is 86.5 cm³/mol. The number of phenolic OH excluding ortho intramolecular Hbond substituents is 1. The van der Waals surface area contributed by atoms with Gasteiger partial charge in [0.2, 0.25) is 0 Å². The molecule has 110 valence electrons. The third-order valence-corrected chi connectivity index (χ3v) is 4.55. The number of nitrogens with one attached hydrogen (secondary N) is 1. The van der Waals surface area contributed by atoms with Gasteiger partial charge < -0.3 is 10.4 Å². The van der Waals surface area contributed by atoms with E-state index in [4.69, 9.17) is 0 Å². The van der Waals surface area contributed by atoms with Gasteiger partial charge in [0.25, 0.3) is 0 Å². The molecule has 0 fully saturated rings. The lowest BCUT2D eigenvalue weighted by Crippen LogP contribution is -2.28. The summed E-state index contributed by atoms with van der Waals surface area (Å²) in [7, 11) is 0. The van der Waals surface area contributed by atoms with Crippen LogP contribution in [0, 0.1) is 6.92 Å². The minimum absolute atomic E-state index is 0.310. The van der Waals surface area contributed by atoms with E-state index in [1.54, 1.807) is 6.07 Å². The molecule has 1 unspecified atom stereocenters. The lowest BCUT2D eigenvalue weighted by molar-refractivity contribution is 0.410. The van der Waals surface area contributed by atoms with E-state index in [1.807, 2.05) is 6.07 Å². The Kier molecular flexibility index (Phi) is 3.98. The van der Waals surface area contributed by atoms with Crippen LogP contribution >= 0.6 is 0 Å². The van der Waals surface area contributed by atoms with Gasteiger partial charge in [0.05, 0.1) is 0 Å². The monoisotopic (exact) mass is 281 g/mol. The van der Waals surface area contributed by atoms with Crippen molar-refractivity contribution in [2.24, 2.45) is 0 Å². The van der Waals surface area contributed by atoms with Crippen molar-refractivity contribution in [3.63, 3.8) is 0 Å². The highest BCUT2D eigenvalue weighted by Gasteiger charge is 2.22. The maximum Gasteiger partial charge on any atom is 0.115 e. The van der Waals surface area contributed by atoms with Gasteiger partial charge in [-0.2, -0.15) is 0 Å². The molecule has 21 heavy (non-hydrogen) atoms. The van der Waals surface area contributed by atoms with Gasteiger partial charge in [0, 0.05) is 12.1 Å². The molecule has 3 rings (SSSR count). The highest BCUT2D eigenvalue weighted by Crippen LogP contribution is 2.34. The first-order valence-corrected chi connectivity index (χ1v) is 7.78. The van der Waals surface area contributed by atoms with Crippen LogP contribution in [0.25, 0.3) is 0 Å². The minimum atomic E-state index is 0.310. The molecule has 0 saturated carbocycles. The zero-order valence-corrected chi connectivity index (χ0v) is 12.8. The van der Waals surface area contributed by atoms with E-state index in [0.29, 0.717) is 17.8 Å². The Morgan fingerprint density at radius 1 is 1.19 bits per heavy atom. The molecule has 2 N–H and O–H groups in total. The second kappa shape index (κ2) is 5.90. The van der Waals surface area contributed by atoms with Crippen molar-refractivity contribution >= 4 is 0 Å². The van der Waals surface area contributed by atoms with Crippen LogP contribution in [0.4, 0.5) is 0 Å². The van der Waals surface area contributed by atoms with Crippen LogP contribution in [-0.2, 0) is 6.42 Å². The first-order chi connectivity index (χ1) is 10.1. The smallest absolute Gasteiger partial charge is 0.115 e. The fraction of sp³-hybridized carbons (Fsp3) is 0.368. The van der Waals surface area contributed by atoms with Crippen LogP contribution in [0.2, 0.25) is 0 Å². The van der Waals surface area contributed by atoms with E-state index in [9.17, 15) is 5.11 Å². The highest BCUT2D eigenvalue weighted by molar-refractivity contribution is 5.39. The Hall–Kier alpha value is -1.80. The van der Waals surface area contributed by atoms with Crippen LogP contribution < -0.4 is 5.32 Å². The van der Waals surface area contributed by atoms with Gasteiger partial charge in [-0.1, -0.05) is 30.3 Å². The van der Waals surface area contributed by atoms with Crippen LogP contribution in [0.5, 0.6) is 5.75 Å². The molecule has 2 atom stereocenters. The number of rotatable bonds is 3. The summed E-state index contributed by atoms with van der Waals surface area (Å²) in [6.07, 6.45) is 3.45. The Bertz CT molecular complexity index is 635. The number of hydrogen-bond donors (Lipinski definition) is 2. The summed E-state index contributed by atoms with van der Waals surface area (Å²) in [5.74, 6) is 0.367. The predicted octanol–water partition coefficient (Wildman–Crippen LogP) is 4.43. The van der Waals surface area contributed by atoms with E-state index in [-0.39, 0.29) is 0 Å². The fourth-order valence-electron chi connectivity index (χ4n) is 3.42. The van der Waals surface area contributed by atoms with Crippen LogP contribution in [-0.4, -0.2) is 5.11 Å². The second-order valence-electron chi connectivity index (χ2n) is 6.07. The zero-order valence-electron chi connectivity index (χ0n) is 12.8. The number of benzene rings is 2. The molecule has 0 saturated heterocycles. The van der Waals surface area contributed by atoms with Crippen LogP contribution in [0.1, 0.15) is 54.1 Å². The second-order valence-corrected chi connectivity index (χ2v) is 6.07. The molecule has 2 nitrogen and oxygen atoms in total. The summed E-state index contributed by atoms with van der Waals surface area (Å²) in [6, 6.07) is 15.0. The van der Waals surface area contributed by atoms with Crippen molar-refractivity contribution in [2.45, 2.75) is 45.2 Å². The normalized spacial score (nSPS) is 19.0. The molecular formula is C19H23NO. The number of aromatic hydroxyl groups is 1. The van der Waals surface area contributed by atoms with E-state index in [0.717, 1.165) is 12.8 Å². The Balaban J connectivity index is 1.83. The van der Waals surface area contributed by atoms with Gasteiger partial charge in [-0.15, -0.1) is 0 Å². The topological polar surface area (TPSA) is 32.3 Å². The van der Waals surface area contributed by atoms with Crippen molar-refractivity contribution in [3.8, 4) is 5.75 Å². The van der Waals surface area contributed by atoms with E-state index in [2.05, 4.69) is 49.5 Å². The summed E-state index contributed by atoms with van der Waals surface area (Å²) in [5.41, 5.74) is 5.31. The van der Waals surface area contributed by atoms with Gasteiger partial charge in [-0.25, -0.2) is 0 Å². The molecular weight excluding hydrogens is 258 g/mol. The first-order valence-electron chi connectivity index (χ1n) is 7.78. The molecule has 2 aromatic rings. The summed E-state index contributed by atoms with van der Waals surface area (Å²) in [5, 5.41) is 13.5. The van der Waals surface area contributed by atoms with Crippen molar-refractivity contribution in [3.05, 3.63) is 64.7 Å². The molecule has 0 spiro atoms. The van der Waals surface area contributed by atoms with Crippen molar-refractivity contribution in [1.29, 1.82) is 0 Å². The molecule has 0 bridgehead atoms. The van der Waals surface area contributed by atoms with E-state index in [1.165, 1.54) is 28.7 Å². The van der Waals surface area contributed by atoms with E-state index >= 15 is 0 Å². The number of fused-ring (bicyclic) bond motifs is 1. The summed E-state index contributed by atoms with van der Waals surface area (Å²) in [4.78, 5) is 0. The molecule has 1 aliphatic carbocycles. The minimum Gasteiger partial charge on any atom is -0.508 e. The van der Waals surface area contributed by atoms with Gasteiger partial charge >= 0.3 is 0 Å². The molecule has 0 amide bonds. The van der Waals surface area contributed by atoms with Gasteiger partial charge in [-0.3, -0.25) is 0 Å². The third-order valence-electron chi connectivity index (χ3n) is 4.55. The summed E-state index contributed by atoms with van der Waals surface area (Å²) >= 11 is 0. The Labute approximate surface area is 126 Å². The Morgan fingerprint density at radius 2 is 2.00 bits per heavy atom. The highest BCUT2D eigenvalue weighted by atomic mass is 16.3. The molecule has 0 radical (unpaired) electrons. The SMILES string of the molecule is Cc1ccccc1[C@@H](C)NC1CCCc2ccc(O)cc21. The number of hydrogen-bond acceptors (Lipinski definition) is 2. The quantitative estimate of drug-likeness (QED) is 0.872. The standard InChI is InChI=1S/C19H23NO/c1-13-6-3-4-8-17(13)14(2)20-19-9-5-7-15-10-11-16(21)12-18(15)19/h3-4,6,8,10-12,14,19-21H,5,7,9H2,1-2H3/t14-,19?/m1/s1. The fourth-order valence-corrected chi connectivity index (χ4v) is 3.42. The van der Waals surface area contributed by atoms with Crippen molar-refractivity contribution in [2.75, 3.05) is 0 Å². The Morgan fingerprint density at radius 3 is 2.81 bits per heavy atom. The largest absolute Gasteiger partial charge is 0.508 e. The average molecular weight is 281 g/mol. The van der Waals surface area contributed by atoms with Gasteiger partial charge in [0.1, 0.15) is 5.75 Å².